The number of benzene rings is 2. The third-order valence-electron chi connectivity index (χ3n) is 7.83. The van der Waals surface area contributed by atoms with Gasteiger partial charge in [0, 0.05) is 49.4 Å². The highest BCUT2D eigenvalue weighted by molar-refractivity contribution is 6.31. The maximum atomic E-state index is 13.4. The number of aromatic nitrogens is 4. The summed E-state index contributed by atoms with van der Waals surface area (Å²) < 4.78 is 8.34. The molecular formula is C30H31ClN6O3. The van der Waals surface area contributed by atoms with Crippen LogP contribution in [-0.4, -0.2) is 48.0 Å². The molecule has 0 amide bonds. The van der Waals surface area contributed by atoms with Gasteiger partial charge in [-0.25, -0.2) is 4.98 Å². The van der Waals surface area contributed by atoms with Crippen molar-refractivity contribution in [1.82, 2.24) is 24.2 Å². The number of hydrogen-bond donors (Lipinski definition) is 2. The first kappa shape index (κ1) is 26.5. The molecule has 3 aromatic heterocycles. The molecule has 0 radical (unpaired) electrons. The van der Waals surface area contributed by atoms with Crippen LogP contribution in [-0.2, 0) is 26.7 Å². The second kappa shape index (κ2) is 10.7. The van der Waals surface area contributed by atoms with Gasteiger partial charge in [-0.15, -0.1) is 0 Å². The summed E-state index contributed by atoms with van der Waals surface area (Å²) >= 11 is 6.60. The average Bonchev–Trinajstić information content (AvgIpc) is 3.61. The Balaban J connectivity index is 1.14. The van der Waals surface area contributed by atoms with Crippen LogP contribution in [0.1, 0.15) is 24.0 Å². The minimum Gasteiger partial charge on any atom is -0.472 e. The van der Waals surface area contributed by atoms with E-state index in [-0.39, 0.29) is 17.6 Å². The van der Waals surface area contributed by atoms with Gasteiger partial charge >= 0.3 is 0 Å². The summed E-state index contributed by atoms with van der Waals surface area (Å²) in [6.45, 7) is 2.70. The van der Waals surface area contributed by atoms with Crippen LogP contribution in [0.3, 0.4) is 0 Å². The third-order valence-corrected chi connectivity index (χ3v) is 8.18. The first-order valence-corrected chi connectivity index (χ1v) is 13.7. The van der Waals surface area contributed by atoms with Crippen molar-refractivity contribution in [3.8, 4) is 22.4 Å². The number of fused-ring (bicyclic) bond motifs is 1. The van der Waals surface area contributed by atoms with Crippen molar-refractivity contribution in [2.24, 2.45) is 12.8 Å². The van der Waals surface area contributed by atoms with E-state index in [1.807, 2.05) is 48.5 Å². The summed E-state index contributed by atoms with van der Waals surface area (Å²) in [5.74, 6) is 0. The molecule has 0 spiro atoms. The fourth-order valence-electron chi connectivity index (χ4n) is 5.46. The molecule has 1 saturated heterocycles. The Morgan fingerprint density at radius 1 is 1.05 bits per heavy atom. The summed E-state index contributed by atoms with van der Waals surface area (Å²) in [5.41, 5.74) is 11.0. The molecule has 206 valence electrons. The number of hydrogen-bond acceptors (Lipinski definition) is 7. The number of aliphatic hydroxyl groups is 1. The lowest BCUT2D eigenvalue weighted by Gasteiger charge is -2.38. The summed E-state index contributed by atoms with van der Waals surface area (Å²) in [6.07, 6.45) is 5.93. The SMILES string of the molecule is Cn1nc2c(=O)n(CC3(O)CCN(Cc4ccc(-c5ccoc5)cc4Cl)CC3)cnc2c1-c1ccc(CN)cc1. The normalized spacial score (nSPS) is 15.6. The lowest BCUT2D eigenvalue weighted by atomic mass is 9.91. The molecule has 1 aliphatic heterocycles. The van der Waals surface area contributed by atoms with Crippen LogP contribution in [0.15, 0.2) is 76.6 Å². The first-order valence-electron chi connectivity index (χ1n) is 13.3. The molecule has 0 atom stereocenters. The minimum absolute atomic E-state index is 0.167. The van der Waals surface area contributed by atoms with Gasteiger partial charge in [0.1, 0.15) is 5.52 Å². The number of rotatable bonds is 7. The molecule has 2 aromatic carbocycles. The van der Waals surface area contributed by atoms with E-state index in [9.17, 15) is 9.90 Å². The first-order chi connectivity index (χ1) is 19.3. The highest BCUT2D eigenvalue weighted by atomic mass is 35.5. The topological polar surface area (TPSA) is 115 Å². The maximum absolute atomic E-state index is 13.4. The lowest BCUT2D eigenvalue weighted by Crippen LogP contribution is -2.47. The second-order valence-corrected chi connectivity index (χ2v) is 11.0. The number of piperidine rings is 1. The predicted molar refractivity (Wildman–Crippen MR) is 155 cm³/mol. The number of likely N-dealkylation sites (tertiary alicyclic amines) is 1. The van der Waals surface area contributed by atoms with Crippen LogP contribution in [0.2, 0.25) is 5.02 Å². The van der Waals surface area contributed by atoms with E-state index in [0.29, 0.717) is 49.6 Å². The molecule has 0 saturated carbocycles. The Labute approximate surface area is 236 Å². The molecule has 6 rings (SSSR count). The lowest BCUT2D eigenvalue weighted by molar-refractivity contribution is -0.0364. The Bertz CT molecular complexity index is 1700. The number of furan rings is 1. The van der Waals surface area contributed by atoms with Crippen LogP contribution in [0.5, 0.6) is 0 Å². The molecule has 9 nitrogen and oxygen atoms in total. The van der Waals surface area contributed by atoms with Gasteiger partial charge in [-0.1, -0.05) is 48.0 Å². The minimum atomic E-state index is -1.01. The van der Waals surface area contributed by atoms with Crippen molar-refractivity contribution < 1.29 is 9.52 Å². The Kier molecular flexibility index (Phi) is 7.06. The van der Waals surface area contributed by atoms with E-state index in [0.717, 1.165) is 33.5 Å². The fourth-order valence-corrected chi connectivity index (χ4v) is 5.70. The van der Waals surface area contributed by atoms with Crippen LogP contribution in [0.4, 0.5) is 0 Å². The summed E-state index contributed by atoms with van der Waals surface area (Å²) in [4.78, 5) is 20.3. The number of halogens is 1. The summed E-state index contributed by atoms with van der Waals surface area (Å²) in [6, 6.07) is 15.8. The van der Waals surface area contributed by atoms with Gasteiger partial charge in [0.15, 0.2) is 5.52 Å². The number of aryl methyl sites for hydroxylation is 1. The maximum Gasteiger partial charge on any atom is 0.281 e. The van der Waals surface area contributed by atoms with Gasteiger partial charge in [-0.05, 0) is 41.7 Å². The van der Waals surface area contributed by atoms with Crippen LogP contribution < -0.4 is 11.3 Å². The van der Waals surface area contributed by atoms with Gasteiger partial charge in [-0.3, -0.25) is 18.9 Å². The summed E-state index contributed by atoms with van der Waals surface area (Å²) in [7, 11) is 1.80. The van der Waals surface area contributed by atoms with Gasteiger partial charge < -0.3 is 15.3 Å². The Morgan fingerprint density at radius 3 is 2.48 bits per heavy atom. The quantitative estimate of drug-likeness (QED) is 0.308. The molecule has 0 bridgehead atoms. The molecule has 1 aliphatic rings. The van der Waals surface area contributed by atoms with Crippen molar-refractivity contribution in [3.63, 3.8) is 0 Å². The van der Waals surface area contributed by atoms with Crippen LogP contribution >= 0.6 is 11.6 Å². The van der Waals surface area contributed by atoms with Crippen molar-refractivity contribution in [2.75, 3.05) is 13.1 Å². The van der Waals surface area contributed by atoms with E-state index in [4.69, 9.17) is 21.8 Å². The molecule has 1 fully saturated rings. The van der Waals surface area contributed by atoms with Gasteiger partial charge in [0.05, 0.1) is 36.7 Å². The zero-order chi connectivity index (χ0) is 27.9. The highest BCUT2D eigenvalue weighted by Crippen LogP contribution is 2.30. The van der Waals surface area contributed by atoms with Crippen molar-refractivity contribution in [3.05, 3.63) is 93.9 Å². The monoisotopic (exact) mass is 558 g/mol. The third kappa shape index (κ3) is 5.09. The Hall–Kier alpha value is -3.76. The molecule has 0 aliphatic carbocycles. The summed E-state index contributed by atoms with van der Waals surface area (Å²) in [5, 5.41) is 16.6. The largest absolute Gasteiger partial charge is 0.472 e. The molecule has 5 aromatic rings. The molecule has 0 unspecified atom stereocenters. The van der Waals surface area contributed by atoms with E-state index < -0.39 is 5.60 Å². The average molecular weight is 559 g/mol. The van der Waals surface area contributed by atoms with Crippen molar-refractivity contribution in [1.29, 1.82) is 0 Å². The standard InChI is InChI=1S/C30H31ClN6O3/c1-35-28(21-4-2-20(15-32)3-5-21)26-27(34-35)29(38)37(19-33-26)18-30(39)9-11-36(12-10-30)16-23-7-6-22(14-25(23)31)24-8-13-40-17-24/h2-8,13-14,17,19,39H,9-12,15-16,18,32H2,1H3. The zero-order valence-electron chi connectivity index (χ0n) is 22.3. The number of nitrogens with zero attached hydrogens (tertiary/aromatic N) is 5. The molecule has 10 heteroatoms. The van der Waals surface area contributed by atoms with E-state index in [1.165, 1.54) is 10.9 Å². The van der Waals surface area contributed by atoms with Crippen molar-refractivity contribution in [2.45, 2.75) is 38.1 Å². The molecule has 4 heterocycles. The van der Waals surface area contributed by atoms with E-state index in [2.05, 4.69) is 15.0 Å². The molecule has 3 N–H and O–H groups in total. The fraction of sp³-hybridized carbons (Fsp3) is 0.300. The smallest absolute Gasteiger partial charge is 0.281 e. The highest BCUT2D eigenvalue weighted by Gasteiger charge is 2.33. The Morgan fingerprint density at radius 2 is 1.80 bits per heavy atom. The van der Waals surface area contributed by atoms with Gasteiger partial charge in [-0.2, -0.15) is 5.10 Å². The molecule has 40 heavy (non-hydrogen) atoms. The van der Waals surface area contributed by atoms with E-state index >= 15 is 0 Å². The number of nitrogens with two attached hydrogens (primary N) is 1. The van der Waals surface area contributed by atoms with Gasteiger partial charge in [0.2, 0.25) is 0 Å². The second-order valence-electron chi connectivity index (χ2n) is 10.6. The van der Waals surface area contributed by atoms with E-state index in [1.54, 1.807) is 24.3 Å². The van der Waals surface area contributed by atoms with Gasteiger partial charge in [0.25, 0.3) is 5.56 Å². The van der Waals surface area contributed by atoms with Crippen LogP contribution in [0, 0.1) is 0 Å². The van der Waals surface area contributed by atoms with Crippen molar-refractivity contribution >= 4 is 22.6 Å². The van der Waals surface area contributed by atoms with Crippen LogP contribution in [0.25, 0.3) is 33.4 Å². The zero-order valence-corrected chi connectivity index (χ0v) is 23.0. The molecular weight excluding hydrogens is 528 g/mol. The predicted octanol–water partition coefficient (Wildman–Crippen LogP) is 4.20.